The summed E-state index contributed by atoms with van der Waals surface area (Å²) >= 11 is 0. The van der Waals surface area contributed by atoms with E-state index in [1.807, 2.05) is 48.0 Å². The minimum absolute atomic E-state index is 0.299. The van der Waals surface area contributed by atoms with Crippen LogP contribution in [0.3, 0.4) is 0 Å². The number of hydrogen-bond donors (Lipinski definition) is 0. The zero-order valence-corrected chi connectivity index (χ0v) is 9.31. The Kier molecular flexibility index (Phi) is 2.77. The van der Waals surface area contributed by atoms with Gasteiger partial charge in [0.2, 0.25) is 0 Å². The summed E-state index contributed by atoms with van der Waals surface area (Å²) in [6.45, 7) is 1.89. The number of nitrogens with zero attached hydrogens (tertiary/aromatic N) is 1. The molecule has 1 heterocycles. The molecule has 0 spiro atoms. The van der Waals surface area contributed by atoms with E-state index in [0.29, 0.717) is 5.56 Å². The first-order valence-electron chi connectivity index (χ1n) is 5.04. The molecular weight excluding hydrogens is 202 g/mol. The van der Waals surface area contributed by atoms with E-state index in [9.17, 15) is 4.79 Å². The molecule has 0 aliphatic carbocycles. The van der Waals surface area contributed by atoms with Gasteiger partial charge in [0.15, 0.2) is 0 Å². The maximum atomic E-state index is 11.4. The summed E-state index contributed by atoms with van der Waals surface area (Å²) in [4.78, 5) is 11.4. The number of methoxy groups -OCH3 is 1. The molecule has 0 saturated carbocycles. The van der Waals surface area contributed by atoms with E-state index in [-0.39, 0.29) is 5.97 Å². The van der Waals surface area contributed by atoms with Crippen molar-refractivity contribution < 1.29 is 9.53 Å². The van der Waals surface area contributed by atoms with Gasteiger partial charge in [0.05, 0.1) is 12.7 Å². The number of aromatic nitrogens is 1. The molecule has 3 nitrogen and oxygen atoms in total. The third-order valence-electron chi connectivity index (χ3n) is 2.49. The van der Waals surface area contributed by atoms with Crippen LogP contribution in [0.4, 0.5) is 0 Å². The lowest BCUT2D eigenvalue weighted by Gasteiger charge is -2.00. The topological polar surface area (TPSA) is 31.2 Å². The standard InChI is InChI=1S/C13H13NO2/c1-10-8-14(9-12(10)13(15)16-2)11-6-4-3-5-7-11/h3-9H,1-2H3. The SMILES string of the molecule is COC(=O)c1cn(-c2ccccc2)cc1C. The molecule has 0 radical (unpaired) electrons. The van der Waals surface area contributed by atoms with Crippen LogP contribution < -0.4 is 0 Å². The van der Waals surface area contributed by atoms with Crippen LogP contribution in [0.5, 0.6) is 0 Å². The van der Waals surface area contributed by atoms with Crippen molar-refractivity contribution in [2.75, 3.05) is 7.11 Å². The first-order valence-corrected chi connectivity index (χ1v) is 5.04. The first-order chi connectivity index (χ1) is 7.72. The number of para-hydroxylation sites is 1. The molecule has 2 rings (SSSR count). The quantitative estimate of drug-likeness (QED) is 0.721. The van der Waals surface area contributed by atoms with Crippen molar-refractivity contribution in [3.8, 4) is 5.69 Å². The Bertz CT molecular complexity index is 500. The molecule has 16 heavy (non-hydrogen) atoms. The van der Waals surface area contributed by atoms with Crippen LogP contribution in [0.1, 0.15) is 15.9 Å². The fourth-order valence-electron chi connectivity index (χ4n) is 1.63. The number of carbonyl (C=O) groups excluding carboxylic acids is 1. The van der Waals surface area contributed by atoms with Gasteiger partial charge in [0, 0.05) is 18.1 Å². The molecule has 0 N–H and O–H groups in total. The molecule has 0 bridgehead atoms. The fraction of sp³-hybridized carbons (Fsp3) is 0.154. The molecule has 0 saturated heterocycles. The van der Waals surface area contributed by atoms with E-state index in [1.54, 1.807) is 6.20 Å². The maximum absolute atomic E-state index is 11.4. The highest BCUT2D eigenvalue weighted by Gasteiger charge is 2.12. The summed E-state index contributed by atoms with van der Waals surface area (Å²) in [5.74, 6) is -0.299. The third-order valence-corrected chi connectivity index (χ3v) is 2.49. The Morgan fingerprint density at radius 2 is 1.88 bits per heavy atom. The highest BCUT2D eigenvalue weighted by molar-refractivity contribution is 5.90. The van der Waals surface area contributed by atoms with Crippen molar-refractivity contribution >= 4 is 5.97 Å². The summed E-state index contributed by atoms with van der Waals surface area (Å²) in [5, 5.41) is 0. The van der Waals surface area contributed by atoms with Gasteiger partial charge in [-0.05, 0) is 24.6 Å². The summed E-state index contributed by atoms with van der Waals surface area (Å²) < 4.78 is 6.63. The van der Waals surface area contributed by atoms with Gasteiger partial charge in [-0.25, -0.2) is 4.79 Å². The molecule has 2 aromatic rings. The van der Waals surface area contributed by atoms with Gasteiger partial charge >= 0.3 is 5.97 Å². The molecule has 0 aliphatic heterocycles. The second-order valence-electron chi connectivity index (χ2n) is 3.59. The summed E-state index contributed by atoms with van der Waals surface area (Å²) in [7, 11) is 1.39. The largest absolute Gasteiger partial charge is 0.465 e. The molecule has 0 atom stereocenters. The monoisotopic (exact) mass is 215 g/mol. The minimum atomic E-state index is -0.299. The van der Waals surface area contributed by atoms with Crippen LogP contribution in [-0.2, 0) is 4.74 Å². The smallest absolute Gasteiger partial charge is 0.339 e. The minimum Gasteiger partial charge on any atom is -0.465 e. The Morgan fingerprint density at radius 1 is 1.19 bits per heavy atom. The van der Waals surface area contributed by atoms with E-state index in [0.717, 1.165) is 11.3 Å². The molecule has 0 unspecified atom stereocenters. The molecule has 82 valence electrons. The normalized spacial score (nSPS) is 10.1. The molecule has 3 heteroatoms. The van der Waals surface area contributed by atoms with E-state index in [1.165, 1.54) is 7.11 Å². The number of carbonyl (C=O) groups is 1. The summed E-state index contributed by atoms with van der Waals surface area (Å²) in [5.41, 5.74) is 2.54. The van der Waals surface area contributed by atoms with E-state index < -0.39 is 0 Å². The van der Waals surface area contributed by atoms with Crippen LogP contribution in [0, 0.1) is 6.92 Å². The first kappa shape index (κ1) is 10.5. The highest BCUT2D eigenvalue weighted by atomic mass is 16.5. The van der Waals surface area contributed by atoms with Gasteiger partial charge in [-0.1, -0.05) is 18.2 Å². The van der Waals surface area contributed by atoms with Crippen molar-refractivity contribution in [3.05, 3.63) is 53.9 Å². The Morgan fingerprint density at radius 3 is 2.50 bits per heavy atom. The van der Waals surface area contributed by atoms with Gasteiger partial charge in [-0.15, -0.1) is 0 Å². The number of esters is 1. The number of aryl methyl sites for hydroxylation is 1. The lowest BCUT2D eigenvalue weighted by molar-refractivity contribution is 0.0600. The van der Waals surface area contributed by atoms with Crippen LogP contribution >= 0.6 is 0 Å². The average Bonchev–Trinajstić information content (AvgIpc) is 2.71. The second-order valence-corrected chi connectivity index (χ2v) is 3.59. The highest BCUT2D eigenvalue weighted by Crippen LogP contribution is 2.15. The molecular formula is C13H13NO2. The van der Waals surface area contributed by atoms with Gasteiger partial charge in [-0.2, -0.15) is 0 Å². The fourth-order valence-corrected chi connectivity index (χ4v) is 1.63. The van der Waals surface area contributed by atoms with Gasteiger partial charge in [0.1, 0.15) is 0 Å². The molecule has 1 aromatic heterocycles. The predicted molar refractivity (Wildman–Crippen MR) is 61.8 cm³/mol. The van der Waals surface area contributed by atoms with Crippen LogP contribution in [0.2, 0.25) is 0 Å². The molecule has 0 fully saturated rings. The maximum Gasteiger partial charge on any atom is 0.339 e. The van der Waals surface area contributed by atoms with E-state index >= 15 is 0 Å². The molecule has 0 amide bonds. The van der Waals surface area contributed by atoms with Crippen molar-refractivity contribution in [1.29, 1.82) is 0 Å². The number of hydrogen-bond acceptors (Lipinski definition) is 2. The Hall–Kier alpha value is -2.03. The average molecular weight is 215 g/mol. The number of ether oxygens (including phenoxy) is 1. The van der Waals surface area contributed by atoms with Crippen LogP contribution in [0.25, 0.3) is 5.69 Å². The third kappa shape index (κ3) is 1.84. The summed E-state index contributed by atoms with van der Waals surface area (Å²) in [6.07, 6.45) is 3.71. The van der Waals surface area contributed by atoms with Gasteiger partial charge in [0.25, 0.3) is 0 Å². The van der Waals surface area contributed by atoms with E-state index in [4.69, 9.17) is 4.74 Å². The lowest BCUT2D eigenvalue weighted by atomic mass is 10.2. The van der Waals surface area contributed by atoms with Crippen molar-refractivity contribution in [2.45, 2.75) is 6.92 Å². The van der Waals surface area contributed by atoms with Crippen molar-refractivity contribution in [1.82, 2.24) is 4.57 Å². The van der Waals surface area contributed by atoms with Crippen molar-refractivity contribution in [2.24, 2.45) is 0 Å². The lowest BCUT2D eigenvalue weighted by Crippen LogP contribution is -2.01. The van der Waals surface area contributed by atoms with Crippen LogP contribution in [0.15, 0.2) is 42.7 Å². The van der Waals surface area contributed by atoms with Gasteiger partial charge < -0.3 is 9.30 Å². The molecule has 1 aromatic carbocycles. The molecule has 0 aliphatic rings. The summed E-state index contributed by atoms with van der Waals surface area (Å²) in [6, 6.07) is 9.85. The van der Waals surface area contributed by atoms with E-state index in [2.05, 4.69) is 0 Å². The Labute approximate surface area is 94.3 Å². The predicted octanol–water partition coefficient (Wildman–Crippen LogP) is 2.57. The zero-order chi connectivity index (χ0) is 11.5. The number of benzene rings is 1. The van der Waals surface area contributed by atoms with Gasteiger partial charge in [-0.3, -0.25) is 0 Å². The second kappa shape index (κ2) is 4.23. The Balaban J connectivity index is 2.42. The van der Waals surface area contributed by atoms with Crippen molar-refractivity contribution in [3.63, 3.8) is 0 Å². The number of rotatable bonds is 2. The zero-order valence-electron chi connectivity index (χ0n) is 9.31. The van der Waals surface area contributed by atoms with Crippen LogP contribution in [-0.4, -0.2) is 17.6 Å².